The summed E-state index contributed by atoms with van der Waals surface area (Å²) in [6.45, 7) is 2.68. The van der Waals surface area contributed by atoms with Gasteiger partial charge in [-0.3, -0.25) is 4.79 Å². The molecule has 0 aliphatic rings. The third kappa shape index (κ3) is 3.56. The van der Waals surface area contributed by atoms with Crippen LogP contribution >= 0.6 is 0 Å². The number of nitrogens with one attached hydrogen (secondary N) is 1. The second-order valence-corrected chi connectivity index (χ2v) is 4.73. The number of pyridine rings is 1. The molecule has 0 atom stereocenters. The first-order chi connectivity index (χ1) is 10.1. The van der Waals surface area contributed by atoms with Crippen LogP contribution in [0.1, 0.15) is 30.3 Å². The lowest BCUT2D eigenvalue weighted by molar-refractivity contribution is 0.0995. The Bertz CT molecular complexity index is 629. The second-order valence-electron chi connectivity index (χ2n) is 4.73. The molecule has 0 saturated carbocycles. The maximum Gasteiger partial charge on any atom is 0.267 e. The number of primary amides is 1. The molecule has 0 aliphatic heterocycles. The van der Waals surface area contributed by atoms with E-state index >= 15 is 0 Å². The minimum Gasteiger partial charge on any atom is -0.383 e. The molecular formula is C16H18FN3O. The van der Waals surface area contributed by atoms with E-state index in [1.165, 1.54) is 6.07 Å². The smallest absolute Gasteiger partial charge is 0.267 e. The standard InChI is InChI=1S/C16H18FN3O/c1-2-3-9-19-12-10-13(16(18)21)20-15(14(12)17)11-7-5-4-6-8-11/h4-8,10H,2-3,9H2,1H3,(H2,18,21)(H,19,20). The number of nitrogens with zero attached hydrogens (tertiary/aromatic N) is 1. The lowest BCUT2D eigenvalue weighted by Gasteiger charge is -2.12. The molecule has 21 heavy (non-hydrogen) atoms. The fourth-order valence-electron chi connectivity index (χ4n) is 1.97. The average molecular weight is 287 g/mol. The monoisotopic (exact) mass is 287 g/mol. The molecule has 0 spiro atoms. The van der Waals surface area contributed by atoms with Crippen molar-refractivity contribution >= 4 is 11.6 Å². The van der Waals surface area contributed by atoms with Gasteiger partial charge < -0.3 is 11.1 Å². The summed E-state index contributed by atoms with van der Waals surface area (Å²) in [7, 11) is 0. The Morgan fingerprint density at radius 3 is 2.67 bits per heavy atom. The third-order valence-electron chi connectivity index (χ3n) is 3.10. The molecule has 0 bridgehead atoms. The van der Waals surface area contributed by atoms with E-state index in [2.05, 4.69) is 17.2 Å². The number of carbonyl (C=O) groups is 1. The van der Waals surface area contributed by atoms with Gasteiger partial charge in [-0.25, -0.2) is 9.37 Å². The fourth-order valence-corrected chi connectivity index (χ4v) is 1.97. The quantitative estimate of drug-likeness (QED) is 0.802. The van der Waals surface area contributed by atoms with Crippen molar-refractivity contribution in [1.82, 2.24) is 4.98 Å². The molecule has 1 amide bonds. The summed E-state index contributed by atoms with van der Waals surface area (Å²) in [5, 5.41) is 3.00. The van der Waals surface area contributed by atoms with Crippen LogP contribution in [0.4, 0.5) is 10.1 Å². The summed E-state index contributed by atoms with van der Waals surface area (Å²) in [5.74, 6) is -1.15. The number of hydrogen-bond donors (Lipinski definition) is 2. The molecule has 0 fully saturated rings. The second kappa shape index (κ2) is 6.83. The van der Waals surface area contributed by atoms with Crippen molar-refractivity contribution in [3.05, 3.63) is 47.9 Å². The largest absolute Gasteiger partial charge is 0.383 e. The first-order valence-corrected chi connectivity index (χ1v) is 6.93. The third-order valence-corrected chi connectivity index (χ3v) is 3.10. The van der Waals surface area contributed by atoms with Gasteiger partial charge in [-0.1, -0.05) is 43.7 Å². The summed E-state index contributed by atoms with van der Waals surface area (Å²) in [5.41, 5.74) is 6.33. The molecule has 1 aromatic carbocycles. The average Bonchev–Trinajstić information content (AvgIpc) is 2.50. The van der Waals surface area contributed by atoms with Gasteiger partial charge in [0.15, 0.2) is 5.82 Å². The molecule has 0 aliphatic carbocycles. The number of anilines is 1. The molecule has 4 nitrogen and oxygen atoms in total. The lowest BCUT2D eigenvalue weighted by Crippen LogP contribution is -2.15. The predicted molar refractivity (Wildman–Crippen MR) is 81.5 cm³/mol. The first kappa shape index (κ1) is 15.0. The molecule has 0 radical (unpaired) electrons. The summed E-state index contributed by atoms with van der Waals surface area (Å²) >= 11 is 0. The van der Waals surface area contributed by atoms with Crippen molar-refractivity contribution in [3.63, 3.8) is 0 Å². The zero-order valence-electron chi connectivity index (χ0n) is 11.9. The van der Waals surface area contributed by atoms with Crippen molar-refractivity contribution in [3.8, 4) is 11.3 Å². The fraction of sp³-hybridized carbons (Fsp3) is 0.250. The van der Waals surface area contributed by atoms with Crippen molar-refractivity contribution < 1.29 is 9.18 Å². The highest BCUT2D eigenvalue weighted by molar-refractivity contribution is 5.92. The molecule has 5 heteroatoms. The molecule has 110 valence electrons. The van der Waals surface area contributed by atoms with Gasteiger partial charge in [0.2, 0.25) is 0 Å². The summed E-state index contributed by atoms with van der Waals surface area (Å²) in [6.07, 6.45) is 1.91. The zero-order valence-corrected chi connectivity index (χ0v) is 11.9. The van der Waals surface area contributed by atoms with Gasteiger partial charge >= 0.3 is 0 Å². The van der Waals surface area contributed by atoms with Crippen LogP contribution in [0, 0.1) is 5.82 Å². The van der Waals surface area contributed by atoms with Crippen LogP contribution in [-0.2, 0) is 0 Å². The van der Waals surface area contributed by atoms with Crippen molar-refractivity contribution in [2.75, 3.05) is 11.9 Å². The zero-order chi connectivity index (χ0) is 15.2. The van der Waals surface area contributed by atoms with E-state index in [4.69, 9.17) is 5.73 Å². The van der Waals surface area contributed by atoms with Crippen LogP contribution in [0.25, 0.3) is 11.3 Å². The number of carbonyl (C=O) groups excluding carboxylic acids is 1. The normalized spacial score (nSPS) is 10.4. The number of hydrogen-bond acceptors (Lipinski definition) is 3. The van der Waals surface area contributed by atoms with E-state index in [1.54, 1.807) is 24.3 Å². The Morgan fingerprint density at radius 2 is 2.05 bits per heavy atom. The van der Waals surface area contributed by atoms with Crippen LogP contribution < -0.4 is 11.1 Å². The Labute approximate surface area is 123 Å². The Hall–Kier alpha value is -2.43. The highest BCUT2D eigenvalue weighted by atomic mass is 19.1. The Balaban J connectivity index is 2.46. The summed E-state index contributed by atoms with van der Waals surface area (Å²) in [4.78, 5) is 15.4. The van der Waals surface area contributed by atoms with Gasteiger partial charge in [-0.15, -0.1) is 0 Å². The Morgan fingerprint density at radius 1 is 1.33 bits per heavy atom. The molecule has 1 aromatic heterocycles. The SMILES string of the molecule is CCCCNc1cc(C(N)=O)nc(-c2ccccc2)c1F. The van der Waals surface area contributed by atoms with Crippen LogP contribution in [0.5, 0.6) is 0 Å². The van der Waals surface area contributed by atoms with Gasteiger partial charge in [0.25, 0.3) is 5.91 Å². The molecule has 2 aromatic rings. The van der Waals surface area contributed by atoms with Crippen LogP contribution in [-0.4, -0.2) is 17.4 Å². The number of halogens is 1. The molecule has 3 N–H and O–H groups in total. The van der Waals surface area contributed by atoms with E-state index < -0.39 is 11.7 Å². The minimum absolute atomic E-state index is 0.0502. The van der Waals surface area contributed by atoms with Gasteiger partial charge in [-0.2, -0.15) is 0 Å². The number of nitrogens with two attached hydrogens (primary N) is 1. The lowest BCUT2D eigenvalue weighted by atomic mass is 10.1. The number of aromatic nitrogens is 1. The topological polar surface area (TPSA) is 68.0 Å². The van der Waals surface area contributed by atoms with E-state index in [-0.39, 0.29) is 17.1 Å². The van der Waals surface area contributed by atoms with Crippen LogP contribution in [0.15, 0.2) is 36.4 Å². The van der Waals surface area contributed by atoms with Gasteiger partial charge in [0, 0.05) is 12.1 Å². The van der Waals surface area contributed by atoms with Crippen LogP contribution in [0.3, 0.4) is 0 Å². The van der Waals surface area contributed by atoms with Crippen molar-refractivity contribution in [1.29, 1.82) is 0 Å². The molecule has 2 rings (SSSR count). The maximum atomic E-state index is 14.6. The summed E-state index contributed by atoms with van der Waals surface area (Å²) in [6, 6.07) is 10.3. The van der Waals surface area contributed by atoms with E-state index in [1.807, 2.05) is 6.07 Å². The van der Waals surface area contributed by atoms with E-state index in [0.29, 0.717) is 12.1 Å². The van der Waals surface area contributed by atoms with Gasteiger partial charge in [0.05, 0.1) is 5.69 Å². The molecular weight excluding hydrogens is 269 g/mol. The number of rotatable bonds is 6. The van der Waals surface area contributed by atoms with Gasteiger partial charge in [0.1, 0.15) is 11.4 Å². The molecule has 1 heterocycles. The molecule has 0 saturated heterocycles. The number of amides is 1. The van der Waals surface area contributed by atoms with Crippen molar-refractivity contribution in [2.45, 2.75) is 19.8 Å². The Kier molecular flexibility index (Phi) is 4.87. The number of unbranched alkanes of at least 4 members (excludes halogenated alkanes) is 1. The highest BCUT2D eigenvalue weighted by Crippen LogP contribution is 2.26. The summed E-state index contributed by atoms with van der Waals surface area (Å²) < 4.78 is 14.6. The highest BCUT2D eigenvalue weighted by Gasteiger charge is 2.16. The maximum absolute atomic E-state index is 14.6. The molecule has 0 unspecified atom stereocenters. The minimum atomic E-state index is -0.675. The predicted octanol–water partition coefficient (Wildman–Crippen LogP) is 3.20. The van der Waals surface area contributed by atoms with Gasteiger partial charge in [-0.05, 0) is 12.5 Å². The first-order valence-electron chi connectivity index (χ1n) is 6.93. The van der Waals surface area contributed by atoms with E-state index in [9.17, 15) is 9.18 Å². The number of benzene rings is 1. The van der Waals surface area contributed by atoms with Crippen molar-refractivity contribution in [2.24, 2.45) is 5.73 Å². The van der Waals surface area contributed by atoms with Crippen LogP contribution in [0.2, 0.25) is 0 Å². The van der Waals surface area contributed by atoms with E-state index in [0.717, 1.165) is 12.8 Å².